The number of fused-ring (bicyclic) bond motifs is 1. The van der Waals surface area contributed by atoms with Crippen molar-refractivity contribution < 1.29 is 0 Å². The predicted molar refractivity (Wildman–Crippen MR) is 92.3 cm³/mol. The van der Waals surface area contributed by atoms with Crippen LogP contribution in [0.5, 0.6) is 0 Å². The summed E-state index contributed by atoms with van der Waals surface area (Å²) in [6.07, 6.45) is 6.71. The van der Waals surface area contributed by atoms with Gasteiger partial charge in [0, 0.05) is 6.04 Å². The summed E-state index contributed by atoms with van der Waals surface area (Å²) in [5.74, 6) is 0. The van der Waals surface area contributed by atoms with Crippen LogP contribution >= 0.6 is 0 Å². The zero-order valence-electron chi connectivity index (χ0n) is 13.4. The van der Waals surface area contributed by atoms with Crippen molar-refractivity contribution in [3.05, 3.63) is 63.1 Å². The van der Waals surface area contributed by atoms with Crippen LogP contribution in [0.3, 0.4) is 0 Å². The molecule has 3 aromatic rings. The van der Waals surface area contributed by atoms with E-state index in [1.807, 2.05) is 34.9 Å². The summed E-state index contributed by atoms with van der Waals surface area (Å²) in [6.45, 7) is 0.570. The smallest absolute Gasteiger partial charge is 0.312 e. The van der Waals surface area contributed by atoms with Crippen LogP contribution in [0.2, 0.25) is 0 Å². The standard InChI is InChI=1S/C18H20N4O2/c23-17-15-16(20-18(24)22(17)14-9-5-2-6-10-14)21(12-19-15)11-13-7-3-1-4-8-13/h1,3-4,7-8,12,14H,2,5-6,9-11H2,(H,20,24). The first-order chi connectivity index (χ1) is 11.7. The summed E-state index contributed by atoms with van der Waals surface area (Å²) < 4.78 is 3.19. The van der Waals surface area contributed by atoms with Crippen molar-refractivity contribution >= 4 is 11.2 Å². The van der Waals surface area contributed by atoms with Crippen molar-refractivity contribution in [2.45, 2.75) is 44.7 Å². The van der Waals surface area contributed by atoms with Gasteiger partial charge in [-0.05, 0) is 18.4 Å². The van der Waals surface area contributed by atoms with Crippen molar-refractivity contribution in [2.75, 3.05) is 0 Å². The molecule has 24 heavy (non-hydrogen) atoms. The normalized spacial score (nSPS) is 15.8. The fourth-order valence-corrected chi connectivity index (χ4v) is 3.61. The highest BCUT2D eigenvalue weighted by atomic mass is 16.2. The largest absolute Gasteiger partial charge is 0.330 e. The molecule has 124 valence electrons. The number of hydrogen-bond acceptors (Lipinski definition) is 3. The molecule has 0 saturated heterocycles. The zero-order valence-corrected chi connectivity index (χ0v) is 13.4. The van der Waals surface area contributed by atoms with Gasteiger partial charge in [0.05, 0.1) is 12.9 Å². The first-order valence-electron chi connectivity index (χ1n) is 8.47. The number of benzene rings is 1. The van der Waals surface area contributed by atoms with Gasteiger partial charge in [-0.2, -0.15) is 0 Å². The Labute approximate surface area is 138 Å². The Balaban J connectivity index is 1.78. The summed E-state index contributed by atoms with van der Waals surface area (Å²) in [5.41, 5.74) is 1.34. The Morgan fingerprint density at radius 3 is 2.58 bits per heavy atom. The highest BCUT2D eigenvalue weighted by molar-refractivity contribution is 5.69. The molecule has 6 heteroatoms. The lowest BCUT2D eigenvalue weighted by atomic mass is 9.95. The number of aromatic nitrogens is 4. The van der Waals surface area contributed by atoms with Gasteiger partial charge in [0.2, 0.25) is 0 Å². The van der Waals surface area contributed by atoms with Gasteiger partial charge in [-0.1, -0.05) is 49.6 Å². The second kappa shape index (κ2) is 6.11. The summed E-state index contributed by atoms with van der Waals surface area (Å²) in [4.78, 5) is 32.4. The first kappa shape index (κ1) is 14.9. The average Bonchev–Trinajstić information content (AvgIpc) is 3.00. The number of aromatic amines is 1. The van der Waals surface area contributed by atoms with Gasteiger partial charge < -0.3 is 4.57 Å². The third-order valence-corrected chi connectivity index (χ3v) is 4.84. The lowest BCUT2D eigenvalue weighted by Crippen LogP contribution is -2.39. The minimum atomic E-state index is -0.325. The topological polar surface area (TPSA) is 72.7 Å². The highest BCUT2D eigenvalue weighted by Crippen LogP contribution is 2.26. The van der Waals surface area contributed by atoms with Crippen molar-refractivity contribution in [3.63, 3.8) is 0 Å². The van der Waals surface area contributed by atoms with E-state index in [0.717, 1.165) is 31.2 Å². The third-order valence-electron chi connectivity index (χ3n) is 4.84. The molecule has 0 aliphatic heterocycles. The van der Waals surface area contributed by atoms with Gasteiger partial charge in [-0.3, -0.25) is 14.3 Å². The third kappa shape index (κ3) is 2.58. The lowest BCUT2D eigenvalue weighted by molar-refractivity contribution is 0.337. The van der Waals surface area contributed by atoms with Gasteiger partial charge >= 0.3 is 5.69 Å². The highest BCUT2D eigenvalue weighted by Gasteiger charge is 2.21. The molecule has 2 aromatic heterocycles. The summed E-state index contributed by atoms with van der Waals surface area (Å²) in [6, 6.07) is 9.90. The number of imidazole rings is 1. The molecular weight excluding hydrogens is 304 g/mol. The van der Waals surface area contributed by atoms with E-state index in [2.05, 4.69) is 9.97 Å². The quantitative estimate of drug-likeness (QED) is 0.804. The monoisotopic (exact) mass is 324 g/mol. The fraction of sp³-hybridized carbons (Fsp3) is 0.389. The van der Waals surface area contributed by atoms with Crippen LogP contribution < -0.4 is 11.2 Å². The molecule has 1 aliphatic rings. The van der Waals surface area contributed by atoms with Gasteiger partial charge in [0.1, 0.15) is 5.65 Å². The second-order valence-electron chi connectivity index (χ2n) is 6.45. The maximum Gasteiger partial charge on any atom is 0.330 e. The summed E-state index contributed by atoms with van der Waals surface area (Å²) in [7, 11) is 0. The van der Waals surface area contributed by atoms with Crippen LogP contribution in [-0.4, -0.2) is 19.1 Å². The molecule has 1 aliphatic carbocycles. The van der Waals surface area contributed by atoms with Crippen LogP contribution in [-0.2, 0) is 6.54 Å². The first-order valence-corrected chi connectivity index (χ1v) is 8.47. The second-order valence-corrected chi connectivity index (χ2v) is 6.45. The molecule has 1 N–H and O–H groups in total. The van der Waals surface area contributed by atoms with Crippen LogP contribution in [0.4, 0.5) is 0 Å². The van der Waals surface area contributed by atoms with E-state index in [0.29, 0.717) is 17.7 Å². The van der Waals surface area contributed by atoms with Gasteiger partial charge in [-0.15, -0.1) is 0 Å². The number of H-pyrrole nitrogens is 1. The van der Waals surface area contributed by atoms with E-state index in [1.165, 1.54) is 11.0 Å². The number of hydrogen-bond donors (Lipinski definition) is 1. The Hall–Kier alpha value is -2.63. The molecule has 0 bridgehead atoms. The molecule has 0 amide bonds. The molecule has 6 nitrogen and oxygen atoms in total. The van der Waals surface area contributed by atoms with Crippen molar-refractivity contribution in [3.8, 4) is 0 Å². The van der Waals surface area contributed by atoms with E-state index < -0.39 is 0 Å². The average molecular weight is 324 g/mol. The van der Waals surface area contributed by atoms with Crippen molar-refractivity contribution in [1.29, 1.82) is 0 Å². The Bertz CT molecular complexity index is 962. The Kier molecular flexibility index (Phi) is 3.80. The Morgan fingerprint density at radius 1 is 1.08 bits per heavy atom. The molecule has 0 spiro atoms. The van der Waals surface area contributed by atoms with E-state index in [4.69, 9.17) is 0 Å². The van der Waals surface area contributed by atoms with Crippen LogP contribution in [0.15, 0.2) is 46.2 Å². The number of nitrogens with one attached hydrogen (secondary N) is 1. The van der Waals surface area contributed by atoms with Crippen LogP contribution in [0.1, 0.15) is 43.7 Å². The van der Waals surface area contributed by atoms with Crippen LogP contribution in [0.25, 0.3) is 11.2 Å². The van der Waals surface area contributed by atoms with E-state index in [9.17, 15) is 9.59 Å². The molecule has 0 radical (unpaired) electrons. The predicted octanol–water partition coefficient (Wildman–Crippen LogP) is 2.44. The molecule has 1 aromatic carbocycles. The van der Waals surface area contributed by atoms with E-state index in [-0.39, 0.29) is 17.3 Å². The molecule has 1 fully saturated rings. The molecule has 0 atom stereocenters. The molecule has 1 saturated carbocycles. The Morgan fingerprint density at radius 2 is 1.83 bits per heavy atom. The molecule has 0 unspecified atom stereocenters. The summed E-state index contributed by atoms with van der Waals surface area (Å²) in [5, 5.41) is 0. The van der Waals surface area contributed by atoms with E-state index in [1.54, 1.807) is 6.33 Å². The van der Waals surface area contributed by atoms with Crippen molar-refractivity contribution in [2.24, 2.45) is 0 Å². The minimum Gasteiger partial charge on any atom is -0.312 e. The SMILES string of the molecule is O=c1[nH]c2c(ncn2Cc2ccccc2)c(=O)n1C1CCCCC1. The lowest BCUT2D eigenvalue weighted by Gasteiger charge is -2.22. The zero-order chi connectivity index (χ0) is 16.5. The fourth-order valence-electron chi connectivity index (χ4n) is 3.61. The number of rotatable bonds is 3. The minimum absolute atomic E-state index is 0.00123. The van der Waals surface area contributed by atoms with Crippen LogP contribution in [0, 0.1) is 0 Å². The maximum absolute atomic E-state index is 12.8. The summed E-state index contributed by atoms with van der Waals surface area (Å²) >= 11 is 0. The van der Waals surface area contributed by atoms with Gasteiger partial charge in [-0.25, -0.2) is 9.78 Å². The molecule has 4 rings (SSSR count). The maximum atomic E-state index is 12.8. The molecule has 2 heterocycles. The molecular formula is C18H20N4O2. The van der Waals surface area contributed by atoms with Crippen molar-refractivity contribution in [1.82, 2.24) is 19.1 Å². The number of nitrogens with zero attached hydrogens (tertiary/aromatic N) is 3. The van der Waals surface area contributed by atoms with Gasteiger partial charge in [0.15, 0.2) is 5.52 Å². The van der Waals surface area contributed by atoms with E-state index >= 15 is 0 Å². The van der Waals surface area contributed by atoms with Gasteiger partial charge in [0.25, 0.3) is 5.56 Å².